The van der Waals surface area contributed by atoms with Crippen molar-refractivity contribution in [2.24, 2.45) is 4.99 Å². The second-order valence-electron chi connectivity index (χ2n) is 4.87. The number of hydrogen-bond acceptors (Lipinski definition) is 2. The molecular formula is C16H22ClN5. The summed E-state index contributed by atoms with van der Waals surface area (Å²) in [5.74, 6) is 0.822. The summed E-state index contributed by atoms with van der Waals surface area (Å²) in [4.78, 5) is 4.57. The van der Waals surface area contributed by atoms with E-state index in [2.05, 4.69) is 27.6 Å². The highest BCUT2D eigenvalue weighted by Crippen LogP contribution is 2.11. The third-order valence-electron chi connectivity index (χ3n) is 3.07. The Morgan fingerprint density at radius 3 is 2.95 bits per heavy atom. The molecule has 1 heterocycles. The molecule has 0 spiro atoms. The van der Waals surface area contributed by atoms with Gasteiger partial charge in [-0.15, -0.1) is 0 Å². The molecule has 1 aromatic carbocycles. The number of hydrogen-bond donors (Lipinski definition) is 2. The molecule has 0 bridgehead atoms. The highest BCUT2D eigenvalue weighted by molar-refractivity contribution is 6.30. The van der Waals surface area contributed by atoms with Gasteiger partial charge in [0.15, 0.2) is 5.96 Å². The normalized spacial score (nSPS) is 11.5. The van der Waals surface area contributed by atoms with Crippen molar-refractivity contribution in [2.45, 2.75) is 26.4 Å². The van der Waals surface area contributed by atoms with E-state index < -0.39 is 0 Å². The topological polar surface area (TPSA) is 54.2 Å². The van der Waals surface area contributed by atoms with Crippen LogP contribution in [0, 0.1) is 0 Å². The highest BCUT2D eigenvalue weighted by Gasteiger charge is 1.98. The lowest BCUT2D eigenvalue weighted by molar-refractivity contribution is 0.570. The molecule has 0 fully saturated rings. The Kier molecular flexibility index (Phi) is 6.77. The quantitative estimate of drug-likeness (QED) is 0.469. The van der Waals surface area contributed by atoms with E-state index in [-0.39, 0.29) is 0 Å². The average molecular weight is 320 g/mol. The van der Waals surface area contributed by atoms with Crippen molar-refractivity contribution in [2.75, 3.05) is 13.1 Å². The molecule has 2 rings (SSSR count). The van der Waals surface area contributed by atoms with Crippen LogP contribution in [0.1, 0.15) is 18.9 Å². The minimum atomic E-state index is 0.606. The van der Waals surface area contributed by atoms with Crippen molar-refractivity contribution < 1.29 is 0 Å². The zero-order chi connectivity index (χ0) is 15.6. The summed E-state index contributed by atoms with van der Waals surface area (Å²) in [5.41, 5.74) is 1.10. The van der Waals surface area contributed by atoms with E-state index in [0.29, 0.717) is 6.54 Å². The number of nitrogens with one attached hydrogen (secondary N) is 2. The van der Waals surface area contributed by atoms with Crippen LogP contribution in [0.4, 0.5) is 0 Å². The predicted octanol–water partition coefficient (Wildman–Crippen LogP) is 2.68. The van der Waals surface area contributed by atoms with E-state index in [0.717, 1.165) is 42.6 Å². The van der Waals surface area contributed by atoms with Crippen LogP contribution in [0.25, 0.3) is 0 Å². The van der Waals surface area contributed by atoms with Crippen molar-refractivity contribution in [1.29, 1.82) is 0 Å². The third kappa shape index (κ3) is 5.77. The monoisotopic (exact) mass is 319 g/mol. The summed E-state index contributed by atoms with van der Waals surface area (Å²) in [6, 6.07) is 9.71. The largest absolute Gasteiger partial charge is 0.357 e. The first-order chi connectivity index (χ1) is 10.8. The maximum absolute atomic E-state index is 5.98. The van der Waals surface area contributed by atoms with Crippen molar-refractivity contribution in [3.8, 4) is 0 Å². The van der Waals surface area contributed by atoms with Crippen LogP contribution in [0.3, 0.4) is 0 Å². The predicted molar refractivity (Wildman–Crippen MR) is 91.1 cm³/mol. The van der Waals surface area contributed by atoms with Crippen LogP contribution in [-0.2, 0) is 13.1 Å². The minimum Gasteiger partial charge on any atom is -0.357 e. The number of aromatic nitrogens is 2. The fourth-order valence-electron chi connectivity index (χ4n) is 2.03. The number of rotatable bonds is 7. The number of guanidine groups is 1. The van der Waals surface area contributed by atoms with Crippen LogP contribution in [0.2, 0.25) is 5.02 Å². The van der Waals surface area contributed by atoms with E-state index >= 15 is 0 Å². The molecule has 2 N–H and O–H groups in total. The Morgan fingerprint density at radius 2 is 2.23 bits per heavy atom. The van der Waals surface area contributed by atoms with E-state index in [9.17, 15) is 0 Å². The fourth-order valence-corrected chi connectivity index (χ4v) is 2.24. The smallest absolute Gasteiger partial charge is 0.191 e. The van der Waals surface area contributed by atoms with E-state index in [1.165, 1.54) is 0 Å². The first-order valence-corrected chi connectivity index (χ1v) is 7.90. The molecule has 0 unspecified atom stereocenters. The van der Waals surface area contributed by atoms with Crippen molar-refractivity contribution in [1.82, 2.24) is 20.4 Å². The molecule has 0 aliphatic carbocycles. The summed E-state index contributed by atoms with van der Waals surface area (Å²) in [6.07, 6.45) is 4.76. The molecule has 2 aromatic rings. The summed E-state index contributed by atoms with van der Waals surface area (Å²) < 4.78 is 1.93. The first kappa shape index (κ1) is 16.4. The Labute approximate surface area is 136 Å². The molecule has 0 radical (unpaired) electrons. The molecular weight excluding hydrogens is 298 g/mol. The average Bonchev–Trinajstić information content (AvgIpc) is 3.02. The van der Waals surface area contributed by atoms with Gasteiger partial charge in [-0.1, -0.05) is 23.7 Å². The first-order valence-electron chi connectivity index (χ1n) is 7.52. The fraction of sp³-hybridized carbons (Fsp3) is 0.375. The number of halogens is 1. The molecule has 0 amide bonds. The van der Waals surface area contributed by atoms with Crippen LogP contribution in [-0.4, -0.2) is 28.8 Å². The van der Waals surface area contributed by atoms with Crippen LogP contribution in [0.5, 0.6) is 0 Å². The van der Waals surface area contributed by atoms with Gasteiger partial charge in [-0.05, 0) is 37.1 Å². The molecule has 0 atom stereocenters. The lowest BCUT2D eigenvalue weighted by atomic mass is 10.2. The van der Waals surface area contributed by atoms with Gasteiger partial charge in [-0.3, -0.25) is 4.68 Å². The summed E-state index contributed by atoms with van der Waals surface area (Å²) >= 11 is 5.98. The van der Waals surface area contributed by atoms with Gasteiger partial charge in [0.2, 0.25) is 0 Å². The maximum atomic E-state index is 5.98. The highest BCUT2D eigenvalue weighted by atomic mass is 35.5. The summed E-state index contributed by atoms with van der Waals surface area (Å²) in [7, 11) is 0. The zero-order valence-corrected chi connectivity index (χ0v) is 13.6. The molecule has 5 nitrogen and oxygen atoms in total. The molecule has 1 aromatic heterocycles. The standard InChI is InChI=1S/C16H22ClN5/c1-2-18-16(19-8-4-10-22-11-5-9-21-22)20-13-14-6-3-7-15(17)12-14/h3,5-7,9,11-12H,2,4,8,10,13H2,1H3,(H2,18,19,20). The SMILES string of the molecule is CCNC(=NCc1cccc(Cl)c1)NCCCn1cccn1. The Balaban J connectivity index is 1.79. The Hall–Kier alpha value is -2.01. The molecule has 118 valence electrons. The molecule has 0 saturated carbocycles. The number of aliphatic imine (C=N–C) groups is 1. The zero-order valence-electron chi connectivity index (χ0n) is 12.8. The van der Waals surface area contributed by atoms with Gasteiger partial charge in [0.1, 0.15) is 0 Å². The molecule has 0 aliphatic heterocycles. The van der Waals surface area contributed by atoms with Gasteiger partial charge < -0.3 is 10.6 Å². The molecule has 6 heteroatoms. The summed E-state index contributed by atoms with van der Waals surface area (Å²) in [5, 5.41) is 11.5. The van der Waals surface area contributed by atoms with Gasteiger partial charge in [0.05, 0.1) is 6.54 Å². The minimum absolute atomic E-state index is 0.606. The van der Waals surface area contributed by atoms with Crippen molar-refractivity contribution >= 4 is 17.6 Å². The van der Waals surface area contributed by atoms with Crippen molar-refractivity contribution in [3.05, 3.63) is 53.3 Å². The maximum Gasteiger partial charge on any atom is 0.191 e. The Morgan fingerprint density at radius 1 is 1.32 bits per heavy atom. The second-order valence-corrected chi connectivity index (χ2v) is 5.31. The second kappa shape index (κ2) is 9.10. The van der Waals surface area contributed by atoms with Crippen LogP contribution in [0.15, 0.2) is 47.7 Å². The van der Waals surface area contributed by atoms with E-state index in [1.54, 1.807) is 6.20 Å². The van der Waals surface area contributed by atoms with Crippen LogP contribution < -0.4 is 10.6 Å². The lowest BCUT2D eigenvalue weighted by Gasteiger charge is -2.11. The van der Waals surface area contributed by atoms with Gasteiger partial charge in [0, 0.05) is 37.1 Å². The Bertz CT molecular complexity index is 580. The van der Waals surface area contributed by atoms with Crippen molar-refractivity contribution in [3.63, 3.8) is 0 Å². The van der Waals surface area contributed by atoms with E-state index in [4.69, 9.17) is 11.6 Å². The van der Waals surface area contributed by atoms with Gasteiger partial charge in [-0.2, -0.15) is 5.10 Å². The van der Waals surface area contributed by atoms with Gasteiger partial charge in [-0.25, -0.2) is 4.99 Å². The third-order valence-corrected chi connectivity index (χ3v) is 3.30. The number of benzene rings is 1. The van der Waals surface area contributed by atoms with Crippen LogP contribution >= 0.6 is 11.6 Å². The van der Waals surface area contributed by atoms with Gasteiger partial charge in [0.25, 0.3) is 0 Å². The number of aryl methyl sites for hydroxylation is 1. The van der Waals surface area contributed by atoms with Gasteiger partial charge >= 0.3 is 0 Å². The molecule has 0 saturated heterocycles. The molecule has 22 heavy (non-hydrogen) atoms. The van der Waals surface area contributed by atoms with E-state index in [1.807, 2.05) is 41.2 Å². The lowest BCUT2D eigenvalue weighted by Crippen LogP contribution is -2.38. The molecule has 0 aliphatic rings. The number of nitrogens with zero attached hydrogens (tertiary/aromatic N) is 3. The summed E-state index contributed by atoms with van der Waals surface area (Å²) in [6.45, 7) is 5.24.